The summed E-state index contributed by atoms with van der Waals surface area (Å²) in [5.41, 5.74) is 1.15. The fraction of sp³-hybridized carbons (Fsp3) is 0.375. The second-order valence-electron chi connectivity index (χ2n) is 4.68. The third kappa shape index (κ3) is 5.11. The van der Waals surface area contributed by atoms with E-state index in [-0.39, 0.29) is 5.97 Å². The summed E-state index contributed by atoms with van der Waals surface area (Å²) in [4.78, 5) is 15.5. The second kappa shape index (κ2) is 8.48. The molecular formula is C16H20N2O3S. The molecule has 1 aromatic heterocycles. The third-order valence-corrected chi connectivity index (χ3v) is 3.98. The maximum Gasteiger partial charge on any atom is 0.315 e. The molecule has 0 bridgehead atoms. The molecule has 0 unspecified atom stereocenters. The molecule has 0 aliphatic rings. The first-order chi connectivity index (χ1) is 10.7. The van der Waals surface area contributed by atoms with Gasteiger partial charge in [-0.3, -0.25) is 4.79 Å². The van der Waals surface area contributed by atoms with Crippen molar-refractivity contribution < 1.29 is 14.3 Å². The minimum atomic E-state index is -0.164. The number of nitrogens with zero attached hydrogens (tertiary/aromatic N) is 2. The van der Waals surface area contributed by atoms with Crippen LogP contribution in [0.3, 0.4) is 0 Å². The van der Waals surface area contributed by atoms with E-state index in [1.54, 1.807) is 18.0 Å². The Morgan fingerprint density at radius 1 is 1.32 bits per heavy atom. The van der Waals surface area contributed by atoms with E-state index in [9.17, 15) is 4.79 Å². The largest absolute Gasteiger partial charge is 0.486 e. The van der Waals surface area contributed by atoms with E-state index >= 15 is 0 Å². The van der Waals surface area contributed by atoms with Crippen LogP contribution >= 0.6 is 11.8 Å². The number of thioether (sulfide) groups is 1. The molecule has 0 saturated carbocycles. The number of rotatable bonds is 8. The van der Waals surface area contributed by atoms with Crippen LogP contribution in [0.4, 0.5) is 0 Å². The molecule has 1 heterocycles. The number of aryl methyl sites for hydroxylation is 1. The van der Waals surface area contributed by atoms with E-state index in [1.165, 1.54) is 0 Å². The Kier molecular flexibility index (Phi) is 6.33. The van der Waals surface area contributed by atoms with E-state index in [0.29, 0.717) is 19.0 Å². The SMILES string of the molecule is CCOC(=O)CSCc1ccc(OCc2nccn2C)cc1. The van der Waals surface area contributed by atoms with E-state index in [1.807, 2.05) is 49.0 Å². The number of aromatic nitrogens is 2. The predicted octanol–water partition coefficient (Wildman–Crippen LogP) is 2.80. The van der Waals surface area contributed by atoms with Gasteiger partial charge in [0, 0.05) is 25.2 Å². The van der Waals surface area contributed by atoms with E-state index in [4.69, 9.17) is 9.47 Å². The zero-order valence-corrected chi connectivity index (χ0v) is 13.6. The number of hydrogen-bond acceptors (Lipinski definition) is 5. The van der Waals surface area contributed by atoms with Crippen LogP contribution in [-0.4, -0.2) is 27.9 Å². The minimum absolute atomic E-state index is 0.164. The van der Waals surface area contributed by atoms with Crippen LogP contribution in [0.2, 0.25) is 0 Å². The zero-order chi connectivity index (χ0) is 15.8. The van der Waals surface area contributed by atoms with Crippen LogP contribution < -0.4 is 4.74 Å². The Morgan fingerprint density at radius 2 is 2.09 bits per heavy atom. The molecular weight excluding hydrogens is 300 g/mol. The number of ether oxygens (including phenoxy) is 2. The Bertz CT molecular complexity index is 596. The average Bonchev–Trinajstić information content (AvgIpc) is 2.92. The average molecular weight is 320 g/mol. The van der Waals surface area contributed by atoms with E-state index in [2.05, 4.69) is 4.98 Å². The Balaban J connectivity index is 1.75. The van der Waals surface area contributed by atoms with Crippen molar-refractivity contribution >= 4 is 17.7 Å². The van der Waals surface area contributed by atoms with Crippen molar-refractivity contribution in [2.45, 2.75) is 19.3 Å². The minimum Gasteiger partial charge on any atom is -0.486 e. The highest BCUT2D eigenvalue weighted by Crippen LogP contribution is 2.17. The summed E-state index contributed by atoms with van der Waals surface area (Å²) in [5, 5.41) is 0. The van der Waals surface area contributed by atoms with Gasteiger partial charge in [0.2, 0.25) is 0 Å². The summed E-state index contributed by atoms with van der Waals surface area (Å²) in [6.07, 6.45) is 3.64. The van der Waals surface area contributed by atoms with Gasteiger partial charge in [0.1, 0.15) is 18.2 Å². The molecule has 0 spiro atoms. The van der Waals surface area contributed by atoms with Crippen molar-refractivity contribution in [1.29, 1.82) is 0 Å². The molecule has 0 saturated heterocycles. The number of esters is 1. The van der Waals surface area contributed by atoms with Gasteiger partial charge < -0.3 is 14.0 Å². The van der Waals surface area contributed by atoms with Crippen LogP contribution in [0.1, 0.15) is 18.3 Å². The molecule has 22 heavy (non-hydrogen) atoms. The molecule has 2 aromatic rings. The van der Waals surface area contributed by atoms with Gasteiger partial charge in [0.15, 0.2) is 0 Å². The molecule has 6 heteroatoms. The summed E-state index contributed by atoms with van der Waals surface area (Å²) >= 11 is 1.54. The second-order valence-corrected chi connectivity index (χ2v) is 5.67. The lowest BCUT2D eigenvalue weighted by molar-refractivity contribution is -0.139. The standard InChI is InChI=1S/C16H20N2O3S/c1-3-20-16(19)12-22-11-13-4-6-14(7-5-13)21-10-15-17-8-9-18(15)2/h4-9H,3,10-12H2,1-2H3. The Hall–Kier alpha value is -1.95. The molecule has 5 nitrogen and oxygen atoms in total. The van der Waals surface area contributed by atoms with Gasteiger partial charge in [0.05, 0.1) is 12.4 Å². The molecule has 1 aromatic carbocycles. The maximum atomic E-state index is 11.2. The first-order valence-corrected chi connectivity index (χ1v) is 8.26. The summed E-state index contributed by atoms with van der Waals surface area (Å²) in [6, 6.07) is 7.88. The monoisotopic (exact) mass is 320 g/mol. The molecule has 118 valence electrons. The Labute approximate surface area is 134 Å². The summed E-state index contributed by atoms with van der Waals surface area (Å²) in [5.74, 6) is 2.68. The van der Waals surface area contributed by atoms with Gasteiger partial charge in [-0.25, -0.2) is 4.98 Å². The van der Waals surface area contributed by atoms with Gasteiger partial charge in [-0.15, -0.1) is 11.8 Å². The summed E-state index contributed by atoms with van der Waals surface area (Å²) in [6.45, 7) is 2.69. The van der Waals surface area contributed by atoms with Crippen LogP contribution in [0.25, 0.3) is 0 Å². The highest BCUT2D eigenvalue weighted by Gasteiger charge is 2.03. The van der Waals surface area contributed by atoms with Gasteiger partial charge >= 0.3 is 5.97 Å². The van der Waals surface area contributed by atoms with Gasteiger partial charge in [-0.05, 0) is 24.6 Å². The molecule has 0 fully saturated rings. The normalized spacial score (nSPS) is 10.5. The van der Waals surface area contributed by atoms with Crippen molar-refractivity contribution in [1.82, 2.24) is 9.55 Å². The highest BCUT2D eigenvalue weighted by atomic mass is 32.2. The molecule has 0 aliphatic heterocycles. The van der Waals surface area contributed by atoms with Crippen molar-refractivity contribution in [3.63, 3.8) is 0 Å². The summed E-state index contributed by atoms with van der Waals surface area (Å²) in [7, 11) is 1.94. The van der Waals surface area contributed by atoms with Crippen molar-refractivity contribution in [2.24, 2.45) is 7.05 Å². The molecule has 0 atom stereocenters. The third-order valence-electron chi connectivity index (χ3n) is 3.01. The first kappa shape index (κ1) is 16.4. The van der Waals surface area contributed by atoms with Crippen molar-refractivity contribution in [2.75, 3.05) is 12.4 Å². The molecule has 0 radical (unpaired) electrons. The van der Waals surface area contributed by atoms with E-state index in [0.717, 1.165) is 22.9 Å². The van der Waals surface area contributed by atoms with Crippen molar-refractivity contribution in [3.8, 4) is 5.75 Å². The number of carbonyl (C=O) groups is 1. The highest BCUT2D eigenvalue weighted by molar-refractivity contribution is 7.99. The van der Waals surface area contributed by atoms with Gasteiger partial charge in [-0.2, -0.15) is 0 Å². The van der Waals surface area contributed by atoms with Crippen LogP contribution in [0.15, 0.2) is 36.7 Å². The van der Waals surface area contributed by atoms with E-state index < -0.39 is 0 Å². The van der Waals surface area contributed by atoms with Gasteiger partial charge in [0.25, 0.3) is 0 Å². The quantitative estimate of drug-likeness (QED) is 0.700. The van der Waals surface area contributed by atoms with Crippen LogP contribution in [0.5, 0.6) is 5.75 Å². The van der Waals surface area contributed by atoms with Crippen molar-refractivity contribution in [3.05, 3.63) is 48.0 Å². The first-order valence-electron chi connectivity index (χ1n) is 7.10. The lowest BCUT2D eigenvalue weighted by Gasteiger charge is -2.07. The fourth-order valence-corrected chi connectivity index (χ4v) is 2.60. The topological polar surface area (TPSA) is 53.4 Å². The maximum absolute atomic E-state index is 11.2. The summed E-state index contributed by atoms with van der Waals surface area (Å²) < 4.78 is 12.5. The lowest BCUT2D eigenvalue weighted by atomic mass is 10.2. The zero-order valence-electron chi connectivity index (χ0n) is 12.8. The molecule has 0 N–H and O–H groups in total. The lowest BCUT2D eigenvalue weighted by Crippen LogP contribution is -2.06. The molecule has 2 rings (SSSR count). The number of hydrogen-bond donors (Lipinski definition) is 0. The number of carbonyl (C=O) groups excluding carboxylic acids is 1. The Morgan fingerprint density at radius 3 is 2.73 bits per heavy atom. The number of imidazole rings is 1. The molecule has 0 amide bonds. The fourth-order valence-electron chi connectivity index (χ4n) is 1.82. The predicted molar refractivity (Wildman–Crippen MR) is 86.8 cm³/mol. The van der Waals surface area contributed by atoms with Crippen LogP contribution in [-0.2, 0) is 28.9 Å². The van der Waals surface area contributed by atoms with Gasteiger partial charge in [-0.1, -0.05) is 12.1 Å². The van der Waals surface area contributed by atoms with Crippen LogP contribution in [0, 0.1) is 0 Å². The number of benzene rings is 1. The smallest absolute Gasteiger partial charge is 0.315 e. The molecule has 0 aliphatic carbocycles.